The molecule has 0 saturated carbocycles. The number of aryl methyl sites for hydroxylation is 1. The van der Waals surface area contributed by atoms with Crippen molar-refractivity contribution in [3.8, 4) is 5.75 Å². The summed E-state index contributed by atoms with van der Waals surface area (Å²) in [6.45, 7) is 5.18. The van der Waals surface area contributed by atoms with Gasteiger partial charge in [-0.1, -0.05) is 48.0 Å². The first-order valence-corrected chi connectivity index (χ1v) is 11.8. The Labute approximate surface area is 221 Å². The fraction of sp³-hybridized carbons (Fsp3) is 0.407. The Morgan fingerprint density at radius 3 is 2.19 bits per heavy atom. The molecule has 1 aliphatic rings. The number of carbonyl (C=O) groups excluding carboxylic acids is 4. The average molecular weight is 520 g/mol. The molecule has 1 aliphatic heterocycles. The average Bonchev–Trinajstić information content (AvgIpc) is 3.66. The molecule has 3 amide bonds. The molecule has 0 spiro atoms. The zero-order chi connectivity index (χ0) is 27.4. The molecule has 0 aliphatic carbocycles. The number of carbonyl (C=O) groups is 4. The number of epoxide rings is 1. The summed E-state index contributed by atoms with van der Waals surface area (Å²) in [7, 11) is 2.85. The van der Waals surface area contributed by atoms with E-state index >= 15 is 0 Å². The van der Waals surface area contributed by atoms with E-state index < -0.39 is 35.6 Å². The number of hydrogen-bond acceptors (Lipinski definition) is 7. The molecule has 0 radical (unpaired) electrons. The summed E-state index contributed by atoms with van der Waals surface area (Å²) in [6.07, 6.45) is -0.434. The zero-order valence-electron chi connectivity index (χ0n) is 21.8. The second kappa shape index (κ2) is 14.0. The van der Waals surface area contributed by atoms with Crippen LogP contribution in [0.2, 0.25) is 0 Å². The SMILES string of the molecule is COC(=O)N[C@@H](C)C(=O)NCC(=O)N[C@@H](Cc1ccccc1)C(=O)[C@@]1(C)CO1.COc1ccc(C)cc1.[HH].[HH].[HH]. The summed E-state index contributed by atoms with van der Waals surface area (Å²) in [5, 5.41) is 7.37. The summed E-state index contributed by atoms with van der Waals surface area (Å²) in [5.74, 6) is -0.363. The molecule has 1 heterocycles. The monoisotopic (exact) mass is 519 g/mol. The lowest BCUT2D eigenvalue weighted by atomic mass is 9.95. The van der Waals surface area contributed by atoms with Crippen molar-refractivity contribution in [3.63, 3.8) is 0 Å². The van der Waals surface area contributed by atoms with Gasteiger partial charge < -0.3 is 30.2 Å². The molecule has 1 fully saturated rings. The minimum atomic E-state index is -0.880. The Bertz CT molecular complexity index is 1070. The zero-order valence-corrected chi connectivity index (χ0v) is 21.8. The van der Waals surface area contributed by atoms with Gasteiger partial charge in [0.15, 0.2) is 5.78 Å². The van der Waals surface area contributed by atoms with Crippen molar-refractivity contribution in [1.82, 2.24) is 16.0 Å². The molecule has 2 aromatic carbocycles. The highest BCUT2D eigenvalue weighted by molar-refractivity contribution is 5.97. The Morgan fingerprint density at radius 1 is 1.03 bits per heavy atom. The van der Waals surface area contributed by atoms with Crippen LogP contribution in [-0.2, 0) is 30.3 Å². The molecule has 10 nitrogen and oxygen atoms in total. The number of alkyl carbamates (subject to hydrolysis) is 1. The standard InChI is InChI=1S/C19H25N3O6.C8H10O.3H2/c1-12(21-18(26)27-3)17(25)20-10-15(23)22-14(16(24)19(2)11-28-19)9-13-7-5-4-6-8-13;1-7-3-5-8(9-2)6-4-7;;;/h4-8,12,14H,9-11H2,1-3H3,(H,20,25)(H,21,26)(H,22,23);3-6H,1-2H3;3*1H/t12-,14-,19+;;;;/m0..../s1. The highest BCUT2D eigenvalue weighted by Crippen LogP contribution is 2.29. The minimum Gasteiger partial charge on any atom is -0.497 e. The van der Waals surface area contributed by atoms with Crippen LogP contribution in [0.4, 0.5) is 4.79 Å². The third kappa shape index (κ3) is 9.92. The number of methoxy groups -OCH3 is 2. The molecule has 1 saturated heterocycles. The largest absolute Gasteiger partial charge is 0.497 e. The van der Waals surface area contributed by atoms with Gasteiger partial charge in [-0.25, -0.2) is 4.79 Å². The van der Waals surface area contributed by atoms with Gasteiger partial charge in [0.05, 0.1) is 33.4 Å². The van der Waals surface area contributed by atoms with Crippen LogP contribution >= 0.6 is 0 Å². The van der Waals surface area contributed by atoms with E-state index in [2.05, 4.69) is 27.6 Å². The van der Waals surface area contributed by atoms with E-state index in [1.165, 1.54) is 19.6 Å². The van der Waals surface area contributed by atoms with Crippen molar-refractivity contribution in [1.29, 1.82) is 0 Å². The van der Waals surface area contributed by atoms with E-state index in [-0.39, 0.29) is 16.6 Å². The number of hydrogen-bond donors (Lipinski definition) is 3. The van der Waals surface area contributed by atoms with Crippen LogP contribution in [0.15, 0.2) is 54.6 Å². The van der Waals surface area contributed by atoms with Gasteiger partial charge >= 0.3 is 6.09 Å². The first kappa shape index (κ1) is 29.3. The number of ether oxygens (including phenoxy) is 3. The summed E-state index contributed by atoms with van der Waals surface area (Å²) in [6, 6.07) is 15.6. The van der Waals surface area contributed by atoms with Crippen LogP contribution in [0.5, 0.6) is 5.75 Å². The second-order valence-corrected chi connectivity index (χ2v) is 8.79. The Hall–Kier alpha value is -3.92. The summed E-state index contributed by atoms with van der Waals surface area (Å²) < 4.78 is 14.6. The van der Waals surface area contributed by atoms with Gasteiger partial charge in [-0.2, -0.15) is 0 Å². The molecule has 3 rings (SSSR count). The van der Waals surface area contributed by atoms with Gasteiger partial charge in [0, 0.05) is 4.28 Å². The Kier molecular flexibility index (Phi) is 11.1. The van der Waals surface area contributed by atoms with Crippen molar-refractivity contribution in [2.75, 3.05) is 27.4 Å². The number of Topliss-reactive ketones (excluding diaryl/α,β-unsaturated/α-hetero) is 1. The van der Waals surface area contributed by atoms with Crippen molar-refractivity contribution in [2.24, 2.45) is 0 Å². The normalized spacial score (nSPS) is 17.1. The number of rotatable bonds is 10. The topological polar surface area (TPSA) is 135 Å². The smallest absolute Gasteiger partial charge is 0.407 e. The molecule has 37 heavy (non-hydrogen) atoms. The van der Waals surface area contributed by atoms with Crippen molar-refractivity contribution >= 4 is 23.7 Å². The molecular weight excluding hydrogens is 478 g/mol. The second-order valence-electron chi connectivity index (χ2n) is 8.79. The molecule has 0 unspecified atom stereocenters. The quantitative estimate of drug-likeness (QED) is 0.411. The number of benzene rings is 2. The van der Waals surface area contributed by atoms with Gasteiger partial charge in [-0.3, -0.25) is 14.4 Å². The lowest BCUT2D eigenvalue weighted by Gasteiger charge is -2.20. The van der Waals surface area contributed by atoms with E-state index in [9.17, 15) is 19.2 Å². The Morgan fingerprint density at radius 2 is 1.65 bits per heavy atom. The number of amides is 3. The summed E-state index contributed by atoms with van der Waals surface area (Å²) in [5.41, 5.74) is 1.27. The van der Waals surface area contributed by atoms with E-state index in [0.717, 1.165) is 11.3 Å². The van der Waals surface area contributed by atoms with E-state index in [1.54, 1.807) is 14.0 Å². The lowest BCUT2D eigenvalue weighted by Crippen LogP contribution is -2.52. The Balaban J connectivity index is 0. The van der Waals surface area contributed by atoms with Gasteiger partial charge in [0.2, 0.25) is 11.8 Å². The van der Waals surface area contributed by atoms with Gasteiger partial charge in [-0.05, 0) is 44.9 Å². The third-order valence-corrected chi connectivity index (χ3v) is 5.63. The van der Waals surface area contributed by atoms with Gasteiger partial charge in [0.1, 0.15) is 17.4 Å². The summed E-state index contributed by atoms with van der Waals surface area (Å²) >= 11 is 0. The van der Waals surface area contributed by atoms with Crippen LogP contribution in [-0.4, -0.2) is 68.7 Å². The molecule has 10 heteroatoms. The van der Waals surface area contributed by atoms with Crippen LogP contribution in [0.1, 0.15) is 29.3 Å². The highest BCUT2D eigenvalue weighted by Gasteiger charge is 2.50. The maximum absolute atomic E-state index is 12.7. The van der Waals surface area contributed by atoms with E-state index in [4.69, 9.17) is 9.47 Å². The molecule has 0 aromatic heterocycles. The minimum absolute atomic E-state index is 0. The maximum Gasteiger partial charge on any atom is 0.407 e. The highest BCUT2D eigenvalue weighted by atomic mass is 16.6. The molecular formula is C27H41N3O7. The van der Waals surface area contributed by atoms with Crippen molar-refractivity contribution in [2.45, 2.75) is 44.9 Å². The molecule has 206 valence electrons. The molecule has 3 atom stereocenters. The predicted octanol–water partition coefficient (Wildman–Crippen LogP) is 2.67. The van der Waals surface area contributed by atoms with Crippen LogP contribution in [0.3, 0.4) is 0 Å². The van der Waals surface area contributed by atoms with E-state index in [1.807, 2.05) is 54.6 Å². The van der Waals surface area contributed by atoms with Crippen LogP contribution in [0.25, 0.3) is 0 Å². The summed E-state index contributed by atoms with van der Waals surface area (Å²) in [4.78, 5) is 48.0. The maximum atomic E-state index is 12.7. The third-order valence-electron chi connectivity index (χ3n) is 5.63. The molecule has 3 N–H and O–H groups in total. The van der Waals surface area contributed by atoms with Crippen molar-refractivity contribution < 1.29 is 37.7 Å². The molecule has 0 bridgehead atoms. The van der Waals surface area contributed by atoms with E-state index in [0.29, 0.717) is 13.0 Å². The van der Waals surface area contributed by atoms with Gasteiger partial charge in [0.25, 0.3) is 0 Å². The number of ketones is 1. The molecule has 2 aromatic rings. The fourth-order valence-electron chi connectivity index (χ4n) is 3.22. The van der Waals surface area contributed by atoms with Gasteiger partial charge in [-0.15, -0.1) is 0 Å². The van der Waals surface area contributed by atoms with Crippen molar-refractivity contribution in [3.05, 3.63) is 65.7 Å². The van der Waals surface area contributed by atoms with Crippen LogP contribution in [0, 0.1) is 6.92 Å². The fourth-order valence-corrected chi connectivity index (χ4v) is 3.22. The lowest BCUT2D eigenvalue weighted by molar-refractivity contribution is -0.131. The first-order chi connectivity index (χ1) is 17.6. The predicted molar refractivity (Wildman–Crippen MR) is 144 cm³/mol. The first-order valence-electron chi connectivity index (χ1n) is 11.8. The number of nitrogens with one attached hydrogen (secondary N) is 3. The van der Waals surface area contributed by atoms with Crippen LogP contribution < -0.4 is 20.7 Å².